The molecule has 4 rings (SSSR count). The normalized spacial score (nSPS) is 23.8. The molecule has 0 radical (unpaired) electrons. The molecule has 1 aromatic heterocycles. The van der Waals surface area contributed by atoms with Gasteiger partial charge in [0, 0.05) is 12.1 Å². The molecule has 5 nitrogen and oxygen atoms in total. The summed E-state index contributed by atoms with van der Waals surface area (Å²) in [5.41, 5.74) is 0.349. The number of amides is 1. The Bertz CT molecular complexity index is 1020. The van der Waals surface area contributed by atoms with Crippen molar-refractivity contribution in [1.82, 2.24) is 4.90 Å². The zero-order valence-corrected chi connectivity index (χ0v) is 17.0. The predicted molar refractivity (Wildman–Crippen MR) is 112 cm³/mol. The Hall–Kier alpha value is -2.45. The Morgan fingerprint density at radius 2 is 2.07 bits per heavy atom. The lowest BCUT2D eigenvalue weighted by Gasteiger charge is -2.32. The second-order valence-corrected chi connectivity index (χ2v) is 8.76. The Morgan fingerprint density at radius 1 is 1.28 bits per heavy atom. The number of rotatable bonds is 4. The average Bonchev–Trinajstić information content (AvgIpc) is 3.27. The van der Waals surface area contributed by atoms with Crippen LogP contribution in [0.4, 0.5) is 4.39 Å². The second-order valence-electron chi connectivity index (χ2n) is 7.09. The smallest absolute Gasteiger partial charge is 0.306 e. The fourth-order valence-electron chi connectivity index (χ4n) is 3.78. The third kappa shape index (κ3) is 4.00. The number of hydrogen-bond acceptors (Lipinski definition) is 5. The molecule has 1 saturated heterocycles. The number of benzene rings is 1. The van der Waals surface area contributed by atoms with Gasteiger partial charge in [0.2, 0.25) is 0 Å². The van der Waals surface area contributed by atoms with Crippen LogP contribution in [0.2, 0.25) is 0 Å². The predicted octanol–water partition coefficient (Wildman–Crippen LogP) is 4.93. The zero-order chi connectivity index (χ0) is 20.5. The molecule has 150 valence electrons. The van der Waals surface area contributed by atoms with Gasteiger partial charge in [0.05, 0.1) is 16.4 Å². The van der Waals surface area contributed by atoms with Gasteiger partial charge in [0.1, 0.15) is 21.7 Å². The number of carbonyl (C=O) groups excluding carboxylic acids is 1. The quantitative estimate of drug-likeness (QED) is 0.547. The van der Waals surface area contributed by atoms with Crippen LogP contribution in [-0.2, 0) is 9.59 Å². The first-order valence-electron chi connectivity index (χ1n) is 9.28. The fourth-order valence-corrected chi connectivity index (χ4v) is 5.16. The lowest BCUT2D eigenvalue weighted by atomic mass is 9.85. The number of thiocarbonyl (C=S) groups is 1. The monoisotopic (exact) mass is 431 g/mol. The molecule has 2 atom stereocenters. The van der Waals surface area contributed by atoms with Gasteiger partial charge in [-0.15, -0.1) is 0 Å². The summed E-state index contributed by atoms with van der Waals surface area (Å²) < 4.78 is 20.1. The first-order chi connectivity index (χ1) is 13.9. The third-order valence-electron chi connectivity index (χ3n) is 5.22. The maximum absolute atomic E-state index is 13.9. The SMILES string of the molecule is O=C(O)C1CCCC(N2C(=O)/C(=C\c3ccc(-c4ccccc4F)o3)SC2=S)C1. The lowest BCUT2D eigenvalue weighted by Crippen LogP contribution is -2.42. The molecular formula is C21H18FNO4S2. The summed E-state index contributed by atoms with van der Waals surface area (Å²) in [6.07, 6.45) is 4.12. The van der Waals surface area contributed by atoms with Crippen LogP contribution in [0.1, 0.15) is 31.4 Å². The molecule has 1 amide bonds. The van der Waals surface area contributed by atoms with Gasteiger partial charge in [-0.3, -0.25) is 14.5 Å². The largest absolute Gasteiger partial charge is 0.481 e. The summed E-state index contributed by atoms with van der Waals surface area (Å²) in [5.74, 6) is -1.09. The number of carbonyl (C=O) groups is 2. The van der Waals surface area contributed by atoms with Crippen molar-refractivity contribution in [2.24, 2.45) is 5.92 Å². The number of nitrogens with zero attached hydrogens (tertiary/aromatic N) is 1. The Morgan fingerprint density at radius 3 is 2.83 bits per heavy atom. The molecular weight excluding hydrogens is 413 g/mol. The summed E-state index contributed by atoms with van der Waals surface area (Å²) in [5, 5.41) is 9.30. The molecule has 8 heteroatoms. The number of carboxylic acid groups (broad SMARTS) is 1. The van der Waals surface area contributed by atoms with Gasteiger partial charge >= 0.3 is 5.97 Å². The summed E-state index contributed by atoms with van der Waals surface area (Å²) in [7, 11) is 0. The minimum absolute atomic E-state index is 0.200. The van der Waals surface area contributed by atoms with Gasteiger partial charge in [-0.2, -0.15) is 0 Å². The van der Waals surface area contributed by atoms with E-state index in [1.807, 2.05) is 0 Å². The number of aliphatic carboxylic acids is 1. The average molecular weight is 432 g/mol. The highest BCUT2D eigenvalue weighted by Gasteiger charge is 2.40. The first-order valence-corrected chi connectivity index (χ1v) is 10.5. The second kappa shape index (κ2) is 8.12. The standard InChI is InChI=1S/C21H18FNO4S2/c22-16-7-2-1-6-15(16)17-9-8-14(27-17)11-18-19(24)23(21(28)29-18)13-5-3-4-12(10-13)20(25)26/h1-2,6-9,11-13H,3-5,10H2,(H,25,26)/b18-11+. The minimum atomic E-state index is -0.827. The van der Waals surface area contributed by atoms with Crippen LogP contribution in [0.3, 0.4) is 0 Å². The van der Waals surface area contributed by atoms with E-state index in [1.165, 1.54) is 17.8 Å². The molecule has 29 heavy (non-hydrogen) atoms. The fraction of sp³-hybridized carbons (Fsp3) is 0.286. The highest BCUT2D eigenvalue weighted by atomic mass is 32.2. The molecule has 1 saturated carbocycles. The van der Waals surface area contributed by atoms with Crippen molar-refractivity contribution in [2.75, 3.05) is 0 Å². The number of furan rings is 1. The molecule has 1 aliphatic carbocycles. The van der Waals surface area contributed by atoms with Crippen molar-refractivity contribution in [2.45, 2.75) is 31.7 Å². The van der Waals surface area contributed by atoms with E-state index < -0.39 is 11.9 Å². The number of thioether (sulfide) groups is 1. The highest BCUT2D eigenvalue weighted by molar-refractivity contribution is 8.26. The summed E-state index contributed by atoms with van der Waals surface area (Å²) in [6, 6.07) is 9.44. The molecule has 2 heterocycles. The molecule has 2 fully saturated rings. The van der Waals surface area contributed by atoms with E-state index in [-0.39, 0.29) is 17.8 Å². The van der Waals surface area contributed by atoms with Gasteiger partial charge in [0.25, 0.3) is 5.91 Å². The van der Waals surface area contributed by atoms with E-state index >= 15 is 0 Å². The van der Waals surface area contributed by atoms with Crippen LogP contribution in [0, 0.1) is 11.7 Å². The summed E-state index contributed by atoms with van der Waals surface area (Å²) >= 11 is 6.57. The van der Waals surface area contributed by atoms with Crippen molar-refractivity contribution < 1.29 is 23.5 Å². The topological polar surface area (TPSA) is 70.8 Å². The molecule has 1 aliphatic heterocycles. The maximum Gasteiger partial charge on any atom is 0.306 e. The third-order valence-corrected chi connectivity index (χ3v) is 6.55. The molecule has 1 aromatic carbocycles. The first kappa shape index (κ1) is 19.8. The van der Waals surface area contributed by atoms with Crippen LogP contribution >= 0.6 is 24.0 Å². The van der Waals surface area contributed by atoms with E-state index in [0.29, 0.717) is 39.2 Å². The van der Waals surface area contributed by atoms with Crippen molar-refractivity contribution in [3.63, 3.8) is 0 Å². The van der Waals surface area contributed by atoms with Crippen LogP contribution < -0.4 is 0 Å². The van der Waals surface area contributed by atoms with E-state index in [0.717, 1.165) is 12.8 Å². The van der Waals surface area contributed by atoms with Gasteiger partial charge in [0.15, 0.2) is 0 Å². The van der Waals surface area contributed by atoms with Crippen molar-refractivity contribution >= 4 is 46.3 Å². The number of halogens is 1. The van der Waals surface area contributed by atoms with Crippen molar-refractivity contribution in [3.8, 4) is 11.3 Å². The number of hydrogen-bond donors (Lipinski definition) is 1. The minimum Gasteiger partial charge on any atom is -0.481 e. The molecule has 2 unspecified atom stereocenters. The van der Waals surface area contributed by atoms with E-state index in [1.54, 1.807) is 41.3 Å². The van der Waals surface area contributed by atoms with Crippen LogP contribution in [0.25, 0.3) is 17.4 Å². The van der Waals surface area contributed by atoms with Gasteiger partial charge in [-0.05, 0) is 43.5 Å². The highest BCUT2D eigenvalue weighted by Crippen LogP contribution is 2.39. The van der Waals surface area contributed by atoms with Crippen LogP contribution in [0.5, 0.6) is 0 Å². The van der Waals surface area contributed by atoms with Gasteiger partial charge in [-0.1, -0.05) is 42.5 Å². The Balaban J connectivity index is 1.54. The molecule has 2 aliphatic rings. The van der Waals surface area contributed by atoms with Gasteiger partial charge in [-0.25, -0.2) is 4.39 Å². The molecule has 0 spiro atoms. The maximum atomic E-state index is 13.9. The van der Waals surface area contributed by atoms with E-state index in [2.05, 4.69) is 0 Å². The van der Waals surface area contributed by atoms with Crippen LogP contribution in [-0.4, -0.2) is 32.2 Å². The molecule has 1 N–H and O–H groups in total. The van der Waals surface area contributed by atoms with E-state index in [4.69, 9.17) is 16.6 Å². The van der Waals surface area contributed by atoms with Crippen molar-refractivity contribution in [3.05, 3.63) is 52.9 Å². The molecule has 0 bridgehead atoms. The number of carboxylic acids is 1. The summed E-state index contributed by atoms with van der Waals surface area (Å²) in [4.78, 5) is 26.2. The Kier molecular flexibility index (Phi) is 5.56. The zero-order valence-electron chi connectivity index (χ0n) is 15.3. The van der Waals surface area contributed by atoms with E-state index in [9.17, 15) is 19.1 Å². The van der Waals surface area contributed by atoms with Gasteiger partial charge < -0.3 is 9.52 Å². The van der Waals surface area contributed by atoms with Crippen molar-refractivity contribution in [1.29, 1.82) is 0 Å². The molecule has 2 aromatic rings. The van der Waals surface area contributed by atoms with Crippen LogP contribution in [0.15, 0.2) is 45.7 Å². The lowest BCUT2D eigenvalue weighted by molar-refractivity contribution is -0.144. The summed E-state index contributed by atoms with van der Waals surface area (Å²) in [6.45, 7) is 0. The Labute approximate surface area is 176 Å².